The molecule has 0 fully saturated rings. The molecule has 1 aliphatic heterocycles. The summed E-state index contributed by atoms with van der Waals surface area (Å²) >= 11 is 0. The number of aliphatic carboxylic acids is 1. The average Bonchev–Trinajstić information content (AvgIpc) is 1.88. The molecule has 1 atom stereocenters. The van der Waals surface area contributed by atoms with Crippen LogP contribution in [0, 0.1) is 5.92 Å². The zero-order valence-corrected chi connectivity index (χ0v) is 5.24. The van der Waals surface area contributed by atoms with Crippen molar-refractivity contribution in [3.63, 3.8) is 0 Å². The van der Waals surface area contributed by atoms with E-state index in [2.05, 4.69) is 5.32 Å². The molecule has 0 aromatic carbocycles. The van der Waals surface area contributed by atoms with Gasteiger partial charge in [0.2, 0.25) is 0 Å². The summed E-state index contributed by atoms with van der Waals surface area (Å²) in [5, 5.41) is 11.1. The number of nitrogens with one attached hydrogen (secondary N) is 1. The maximum absolute atomic E-state index is 10.3. The van der Waals surface area contributed by atoms with Crippen LogP contribution in [0.4, 0.5) is 0 Å². The van der Waals surface area contributed by atoms with Gasteiger partial charge in [0, 0.05) is 0 Å². The smallest absolute Gasteiger partial charge is 0.314 e. The minimum atomic E-state index is -0.888. The molecular formula is C6H8N2O2. The van der Waals surface area contributed by atoms with Gasteiger partial charge in [-0.05, 0) is 12.3 Å². The standard InChI is InChI=1S/C6H8N2O2/c7-5-3-4(6(9)10)1-2-8-5/h1-4,8H,7H2,(H,9,10). The number of hydrogen-bond acceptors (Lipinski definition) is 3. The second kappa shape index (κ2) is 2.43. The molecule has 1 heterocycles. The number of dihydropyridines is 1. The van der Waals surface area contributed by atoms with Crippen molar-refractivity contribution in [2.24, 2.45) is 11.7 Å². The van der Waals surface area contributed by atoms with Crippen molar-refractivity contribution in [3.8, 4) is 0 Å². The highest BCUT2D eigenvalue weighted by Crippen LogP contribution is 2.05. The lowest BCUT2D eigenvalue weighted by Gasteiger charge is -2.09. The van der Waals surface area contributed by atoms with E-state index in [1.54, 1.807) is 0 Å². The molecular weight excluding hydrogens is 132 g/mol. The van der Waals surface area contributed by atoms with Crippen molar-refractivity contribution < 1.29 is 9.90 Å². The van der Waals surface area contributed by atoms with Crippen LogP contribution in [0.25, 0.3) is 0 Å². The predicted molar refractivity (Wildman–Crippen MR) is 35.7 cm³/mol. The van der Waals surface area contributed by atoms with Crippen LogP contribution < -0.4 is 11.1 Å². The van der Waals surface area contributed by atoms with Gasteiger partial charge in [-0.3, -0.25) is 4.79 Å². The van der Waals surface area contributed by atoms with Gasteiger partial charge in [0.15, 0.2) is 0 Å². The highest BCUT2D eigenvalue weighted by Gasteiger charge is 2.13. The van der Waals surface area contributed by atoms with E-state index in [1.807, 2.05) is 0 Å². The van der Waals surface area contributed by atoms with Gasteiger partial charge in [-0.15, -0.1) is 0 Å². The van der Waals surface area contributed by atoms with Gasteiger partial charge in [-0.2, -0.15) is 0 Å². The topological polar surface area (TPSA) is 75.4 Å². The van der Waals surface area contributed by atoms with Crippen LogP contribution >= 0.6 is 0 Å². The van der Waals surface area contributed by atoms with Gasteiger partial charge in [-0.25, -0.2) is 0 Å². The summed E-state index contributed by atoms with van der Waals surface area (Å²) in [6.07, 6.45) is 4.50. The van der Waals surface area contributed by atoms with Crippen molar-refractivity contribution in [1.82, 2.24) is 5.32 Å². The Kier molecular flexibility index (Phi) is 1.62. The Bertz CT molecular complexity index is 208. The number of hydrogen-bond donors (Lipinski definition) is 3. The molecule has 0 saturated heterocycles. The van der Waals surface area contributed by atoms with Crippen LogP contribution in [0.2, 0.25) is 0 Å². The fraction of sp³-hybridized carbons (Fsp3) is 0.167. The average molecular weight is 140 g/mol. The number of nitrogens with two attached hydrogens (primary N) is 1. The normalized spacial score (nSPS) is 23.2. The van der Waals surface area contributed by atoms with Gasteiger partial charge in [-0.1, -0.05) is 6.08 Å². The third kappa shape index (κ3) is 1.28. The number of carbonyl (C=O) groups is 1. The number of carboxylic acids is 1. The first-order chi connectivity index (χ1) is 4.70. The molecule has 0 saturated carbocycles. The summed E-state index contributed by atoms with van der Waals surface area (Å²) < 4.78 is 0. The minimum absolute atomic E-state index is 0.384. The summed E-state index contributed by atoms with van der Waals surface area (Å²) in [6, 6.07) is 0. The maximum atomic E-state index is 10.3. The minimum Gasteiger partial charge on any atom is -0.481 e. The maximum Gasteiger partial charge on any atom is 0.314 e. The lowest BCUT2D eigenvalue weighted by atomic mass is 10.1. The third-order valence-corrected chi connectivity index (χ3v) is 1.20. The third-order valence-electron chi connectivity index (χ3n) is 1.20. The fourth-order valence-corrected chi connectivity index (χ4v) is 0.699. The Hall–Kier alpha value is -1.45. The summed E-state index contributed by atoms with van der Waals surface area (Å²) in [5.41, 5.74) is 5.30. The number of rotatable bonds is 1. The summed E-state index contributed by atoms with van der Waals surface area (Å²) in [7, 11) is 0. The lowest BCUT2D eigenvalue weighted by molar-refractivity contribution is -0.138. The first-order valence-electron chi connectivity index (χ1n) is 2.83. The molecule has 54 valence electrons. The van der Waals surface area contributed by atoms with E-state index >= 15 is 0 Å². The summed E-state index contributed by atoms with van der Waals surface area (Å²) in [6.45, 7) is 0. The Morgan fingerprint density at radius 1 is 1.80 bits per heavy atom. The fourth-order valence-electron chi connectivity index (χ4n) is 0.699. The van der Waals surface area contributed by atoms with E-state index in [-0.39, 0.29) is 0 Å². The highest BCUT2D eigenvalue weighted by molar-refractivity contribution is 5.74. The molecule has 4 nitrogen and oxygen atoms in total. The van der Waals surface area contributed by atoms with Crippen molar-refractivity contribution in [3.05, 3.63) is 24.2 Å². The predicted octanol–water partition coefficient (Wildman–Crippen LogP) is -0.396. The Labute approximate surface area is 58.0 Å². The molecule has 0 radical (unpaired) electrons. The highest BCUT2D eigenvalue weighted by atomic mass is 16.4. The largest absolute Gasteiger partial charge is 0.481 e. The van der Waals surface area contributed by atoms with E-state index in [0.29, 0.717) is 5.82 Å². The molecule has 0 amide bonds. The molecule has 1 aliphatic rings. The summed E-state index contributed by atoms with van der Waals surface area (Å²) in [4.78, 5) is 10.3. The second-order valence-electron chi connectivity index (χ2n) is 1.99. The number of carboxylic acid groups (broad SMARTS) is 1. The zero-order chi connectivity index (χ0) is 7.56. The second-order valence-corrected chi connectivity index (χ2v) is 1.99. The monoisotopic (exact) mass is 140 g/mol. The first-order valence-corrected chi connectivity index (χ1v) is 2.83. The molecule has 0 bridgehead atoms. The molecule has 1 rings (SSSR count). The van der Waals surface area contributed by atoms with Crippen LogP contribution in [0.5, 0.6) is 0 Å². The van der Waals surface area contributed by atoms with Crippen LogP contribution in [0.3, 0.4) is 0 Å². The van der Waals surface area contributed by atoms with Gasteiger partial charge in [0.1, 0.15) is 0 Å². The molecule has 1 unspecified atom stereocenters. The van der Waals surface area contributed by atoms with Crippen LogP contribution in [-0.2, 0) is 4.79 Å². The van der Waals surface area contributed by atoms with Crippen molar-refractivity contribution in [2.45, 2.75) is 0 Å². The van der Waals surface area contributed by atoms with Gasteiger partial charge >= 0.3 is 5.97 Å². The van der Waals surface area contributed by atoms with E-state index in [9.17, 15) is 4.79 Å². The van der Waals surface area contributed by atoms with E-state index in [4.69, 9.17) is 10.8 Å². The first kappa shape index (κ1) is 6.67. The Balaban J connectivity index is 2.70. The SMILES string of the molecule is NC1=CC(C(=O)O)C=CN1. The quantitative estimate of drug-likeness (QED) is 0.463. The van der Waals surface area contributed by atoms with Gasteiger partial charge in [0.25, 0.3) is 0 Å². The molecule has 4 N–H and O–H groups in total. The van der Waals surface area contributed by atoms with Crippen LogP contribution in [0.1, 0.15) is 0 Å². The molecule has 10 heavy (non-hydrogen) atoms. The lowest BCUT2D eigenvalue weighted by Crippen LogP contribution is -2.22. The molecule has 0 aliphatic carbocycles. The zero-order valence-electron chi connectivity index (χ0n) is 5.24. The molecule has 0 aromatic heterocycles. The van der Waals surface area contributed by atoms with Crippen molar-refractivity contribution >= 4 is 5.97 Å². The van der Waals surface area contributed by atoms with E-state index < -0.39 is 11.9 Å². The van der Waals surface area contributed by atoms with E-state index in [0.717, 1.165) is 0 Å². The van der Waals surface area contributed by atoms with E-state index in [1.165, 1.54) is 18.4 Å². The van der Waals surface area contributed by atoms with Gasteiger partial charge in [0.05, 0.1) is 11.7 Å². The van der Waals surface area contributed by atoms with Crippen LogP contribution in [0.15, 0.2) is 24.2 Å². The van der Waals surface area contributed by atoms with Crippen molar-refractivity contribution in [2.75, 3.05) is 0 Å². The van der Waals surface area contributed by atoms with Crippen molar-refractivity contribution in [1.29, 1.82) is 0 Å². The van der Waals surface area contributed by atoms with Gasteiger partial charge < -0.3 is 16.2 Å². The Morgan fingerprint density at radius 2 is 2.50 bits per heavy atom. The summed E-state index contributed by atoms with van der Waals surface area (Å²) in [5.74, 6) is -1.09. The molecule has 4 heteroatoms. The molecule has 0 spiro atoms. The molecule has 0 aromatic rings. The Morgan fingerprint density at radius 3 is 2.90 bits per heavy atom. The van der Waals surface area contributed by atoms with Crippen LogP contribution in [-0.4, -0.2) is 11.1 Å².